The fourth-order valence-corrected chi connectivity index (χ4v) is 3.78. The molecule has 1 fully saturated rings. The number of aliphatic imine (C=N–C) groups is 1. The summed E-state index contributed by atoms with van der Waals surface area (Å²) in [5, 5.41) is 6.71. The van der Waals surface area contributed by atoms with E-state index in [0.717, 1.165) is 55.8 Å². The molecular weight excluding hydrogens is 530 g/mol. The predicted molar refractivity (Wildman–Crippen MR) is 144 cm³/mol. The van der Waals surface area contributed by atoms with Crippen molar-refractivity contribution in [3.8, 4) is 0 Å². The van der Waals surface area contributed by atoms with Crippen LogP contribution >= 0.6 is 24.0 Å². The first-order chi connectivity index (χ1) is 15.7. The van der Waals surface area contributed by atoms with Gasteiger partial charge in [0.2, 0.25) is 0 Å². The largest absolute Gasteiger partial charge is 0.368 e. The zero-order valence-electron chi connectivity index (χ0n) is 18.7. The molecule has 3 aromatic rings. The molecule has 174 valence electrons. The number of aromatic nitrogens is 1. The first kappa shape index (κ1) is 24.8. The van der Waals surface area contributed by atoms with Crippen LogP contribution in [0, 0.1) is 5.82 Å². The molecule has 2 aromatic carbocycles. The van der Waals surface area contributed by atoms with Crippen LogP contribution in [0.4, 0.5) is 15.9 Å². The first-order valence-corrected chi connectivity index (χ1v) is 10.9. The Morgan fingerprint density at radius 1 is 0.879 bits per heavy atom. The lowest BCUT2D eigenvalue weighted by Gasteiger charge is -2.36. The van der Waals surface area contributed by atoms with Crippen molar-refractivity contribution >= 4 is 41.4 Å². The van der Waals surface area contributed by atoms with E-state index in [1.165, 1.54) is 17.7 Å². The Labute approximate surface area is 212 Å². The highest BCUT2D eigenvalue weighted by Gasteiger charge is 2.18. The molecule has 6 nitrogen and oxygen atoms in total. The summed E-state index contributed by atoms with van der Waals surface area (Å²) in [5.41, 5.74) is 3.42. The van der Waals surface area contributed by atoms with Crippen molar-refractivity contribution in [2.75, 3.05) is 43.0 Å². The lowest BCUT2D eigenvalue weighted by Crippen LogP contribution is -2.46. The van der Waals surface area contributed by atoms with Crippen LogP contribution < -0.4 is 20.4 Å². The fourth-order valence-electron chi connectivity index (χ4n) is 3.78. The standard InChI is InChI=1S/C25H29FN6.HI/c1-27-25(29-18-20-5-3-2-4-6-20)30-19-21-11-12-28-24(17-21)32-15-13-31(14-16-32)23-9-7-22(26)8-10-23;/h2-12,17H,13-16,18-19H2,1H3,(H2,27,29,30);1H. The SMILES string of the molecule is CN=C(NCc1ccccc1)NCc1ccnc(N2CCN(c3ccc(F)cc3)CC2)c1.I. The Hall–Kier alpha value is -2.88. The number of nitrogens with one attached hydrogen (secondary N) is 2. The van der Waals surface area contributed by atoms with Gasteiger partial charge in [0, 0.05) is 58.2 Å². The van der Waals surface area contributed by atoms with E-state index < -0.39 is 0 Å². The van der Waals surface area contributed by atoms with Gasteiger partial charge < -0.3 is 20.4 Å². The zero-order valence-corrected chi connectivity index (χ0v) is 21.1. The van der Waals surface area contributed by atoms with Crippen LogP contribution in [0.3, 0.4) is 0 Å². The van der Waals surface area contributed by atoms with Gasteiger partial charge in [-0.2, -0.15) is 0 Å². The van der Waals surface area contributed by atoms with Crippen LogP contribution in [0.2, 0.25) is 0 Å². The van der Waals surface area contributed by atoms with E-state index in [4.69, 9.17) is 0 Å². The van der Waals surface area contributed by atoms with Gasteiger partial charge in [-0.3, -0.25) is 4.99 Å². The summed E-state index contributed by atoms with van der Waals surface area (Å²) in [7, 11) is 1.78. The lowest BCUT2D eigenvalue weighted by atomic mass is 10.2. The summed E-state index contributed by atoms with van der Waals surface area (Å²) in [4.78, 5) is 13.5. The molecule has 33 heavy (non-hydrogen) atoms. The lowest BCUT2D eigenvalue weighted by molar-refractivity contribution is 0.624. The van der Waals surface area contributed by atoms with E-state index in [-0.39, 0.29) is 29.8 Å². The number of hydrogen-bond acceptors (Lipinski definition) is 4. The van der Waals surface area contributed by atoms with Gasteiger partial charge in [-0.1, -0.05) is 30.3 Å². The van der Waals surface area contributed by atoms with Crippen LogP contribution in [-0.4, -0.2) is 44.2 Å². The minimum Gasteiger partial charge on any atom is -0.368 e. The second-order valence-electron chi connectivity index (χ2n) is 7.74. The van der Waals surface area contributed by atoms with Gasteiger partial charge >= 0.3 is 0 Å². The molecule has 1 aliphatic rings. The summed E-state index contributed by atoms with van der Waals surface area (Å²) in [5.74, 6) is 1.55. The number of rotatable bonds is 6. The molecule has 0 radical (unpaired) electrons. The van der Waals surface area contributed by atoms with Crippen LogP contribution in [0.5, 0.6) is 0 Å². The maximum absolute atomic E-state index is 13.2. The van der Waals surface area contributed by atoms with E-state index in [2.05, 4.69) is 48.6 Å². The Bertz CT molecular complexity index is 1020. The molecule has 1 aliphatic heterocycles. The average molecular weight is 560 g/mol. The molecule has 1 saturated heterocycles. The van der Waals surface area contributed by atoms with Crippen molar-refractivity contribution in [2.24, 2.45) is 4.99 Å². The molecule has 0 amide bonds. The third-order valence-electron chi connectivity index (χ3n) is 5.59. The number of pyridine rings is 1. The molecule has 0 spiro atoms. The Morgan fingerprint density at radius 3 is 2.18 bits per heavy atom. The van der Waals surface area contributed by atoms with Gasteiger partial charge in [-0.25, -0.2) is 9.37 Å². The maximum atomic E-state index is 13.2. The molecule has 0 unspecified atom stereocenters. The molecule has 4 rings (SSSR count). The number of halogens is 2. The van der Waals surface area contributed by atoms with E-state index in [0.29, 0.717) is 6.54 Å². The second kappa shape index (κ2) is 12.4. The summed E-state index contributed by atoms with van der Waals surface area (Å²) >= 11 is 0. The number of anilines is 2. The van der Waals surface area contributed by atoms with E-state index in [1.54, 1.807) is 7.05 Å². The highest BCUT2D eigenvalue weighted by atomic mass is 127. The number of guanidine groups is 1. The third-order valence-corrected chi connectivity index (χ3v) is 5.59. The minimum absolute atomic E-state index is 0. The van der Waals surface area contributed by atoms with E-state index >= 15 is 0 Å². The smallest absolute Gasteiger partial charge is 0.191 e. The molecule has 0 aliphatic carbocycles. The van der Waals surface area contributed by atoms with Gasteiger partial charge in [0.05, 0.1) is 0 Å². The van der Waals surface area contributed by atoms with Gasteiger partial charge in [-0.05, 0) is 47.5 Å². The fraction of sp³-hybridized carbons (Fsp3) is 0.280. The van der Waals surface area contributed by atoms with E-state index in [9.17, 15) is 4.39 Å². The van der Waals surface area contributed by atoms with Crippen molar-refractivity contribution < 1.29 is 4.39 Å². The monoisotopic (exact) mass is 560 g/mol. The number of benzene rings is 2. The molecular formula is C25H30FIN6. The molecule has 0 atom stereocenters. The summed E-state index contributed by atoms with van der Waals surface area (Å²) < 4.78 is 13.2. The summed E-state index contributed by atoms with van der Waals surface area (Å²) in [6.45, 7) is 4.90. The Kier molecular flexibility index (Phi) is 9.29. The van der Waals surface area contributed by atoms with Crippen LogP contribution in [-0.2, 0) is 13.1 Å². The van der Waals surface area contributed by atoms with Crippen molar-refractivity contribution in [2.45, 2.75) is 13.1 Å². The highest BCUT2D eigenvalue weighted by molar-refractivity contribution is 14.0. The quantitative estimate of drug-likeness (QED) is 0.271. The zero-order chi connectivity index (χ0) is 22.2. The van der Waals surface area contributed by atoms with Crippen molar-refractivity contribution in [3.05, 3.63) is 89.9 Å². The van der Waals surface area contributed by atoms with Crippen LogP contribution in [0.15, 0.2) is 77.9 Å². The van der Waals surface area contributed by atoms with Gasteiger partial charge in [0.15, 0.2) is 5.96 Å². The second-order valence-corrected chi connectivity index (χ2v) is 7.74. The van der Waals surface area contributed by atoms with Crippen molar-refractivity contribution in [1.82, 2.24) is 15.6 Å². The van der Waals surface area contributed by atoms with Gasteiger partial charge in [-0.15, -0.1) is 24.0 Å². The Balaban J connectivity index is 0.00000306. The van der Waals surface area contributed by atoms with Gasteiger partial charge in [0.1, 0.15) is 11.6 Å². The third kappa shape index (κ3) is 7.05. The van der Waals surface area contributed by atoms with Crippen LogP contribution in [0.1, 0.15) is 11.1 Å². The van der Waals surface area contributed by atoms with Crippen molar-refractivity contribution in [3.63, 3.8) is 0 Å². The number of hydrogen-bond donors (Lipinski definition) is 2. The Morgan fingerprint density at radius 2 is 1.52 bits per heavy atom. The van der Waals surface area contributed by atoms with Gasteiger partial charge in [0.25, 0.3) is 0 Å². The molecule has 2 heterocycles. The normalized spacial score (nSPS) is 13.9. The molecule has 0 saturated carbocycles. The topological polar surface area (TPSA) is 55.8 Å². The van der Waals surface area contributed by atoms with Crippen molar-refractivity contribution in [1.29, 1.82) is 0 Å². The first-order valence-electron chi connectivity index (χ1n) is 10.9. The number of nitrogens with zero attached hydrogens (tertiary/aromatic N) is 4. The molecule has 2 N–H and O–H groups in total. The van der Waals surface area contributed by atoms with E-state index in [1.807, 2.05) is 42.6 Å². The molecule has 8 heteroatoms. The average Bonchev–Trinajstić information content (AvgIpc) is 2.85. The predicted octanol–water partition coefficient (Wildman–Crippen LogP) is 4.03. The molecule has 1 aromatic heterocycles. The summed E-state index contributed by atoms with van der Waals surface area (Å²) in [6.07, 6.45) is 1.86. The molecule has 0 bridgehead atoms. The summed E-state index contributed by atoms with van der Waals surface area (Å²) in [6, 6.07) is 21.1. The number of piperazine rings is 1. The maximum Gasteiger partial charge on any atom is 0.191 e. The highest BCUT2D eigenvalue weighted by Crippen LogP contribution is 2.20. The van der Waals surface area contributed by atoms with Crippen LogP contribution in [0.25, 0.3) is 0 Å². The minimum atomic E-state index is -0.200.